The number of aliphatic hydroxyl groups is 1. The lowest BCUT2D eigenvalue weighted by Crippen LogP contribution is -2.35. The number of ether oxygens (including phenoxy) is 1. The molecular weight excluding hydrogens is 258 g/mol. The van der Waals surface area contributed by atoms with Gasteiger partial charge in [0.1, 0.15) is 11.8 Å². The van der Waals surface area contributed by atoms with Crippen molar-refractivity contribution < 1.29 is 14.6 Å². The molecule has 20 heavy (non-hydrogen) atoms. The third kappa shape index (κ3) is 5.03. The molecule has 6 nitrogen and oxygen atoms in total. The standard InChI is InChI=1S/C14H21N3O3/c1-10(2)8-20-9-12(18)6-16-14(19)13-4-11(5-15)7-17(13)3/h4,7,10,12,18H,6,8-9H2,1-3H3,(H,16,19). The summed E-state index contributed by atoms with van der Waals surface area (Å²) in [5, 5.41) is 21.1. The van der Waals surface area contributed by atoms with E-state index in [9.17, 15) is 9.90 Å². The molecule has 1 rings (SSSR count). The minimum Gasteiger partial charge on any atom is -0.389 e. The quantitative estimate of drug-likeness (QED) is 0.767. The van der Waals surface area contributed by atoms with Gasteiger partial charge in [0, 0.05) is 26.4 Å². The molecule has 0 saturated heterocycles. The lowest BCUT2D eigenvalue weighted by molar-refractivity contribution is 0.0258. The van der Waals surface area contributed by atoms with E-state index in [1.54, 1.807) is 17.8 Å². The zero-order valence-electron chi connectivity index (χ0n) is 12.1. The number of carbonyl (C=O) groups excluding carboxylic acids is 1. The summed E-state index contributed by atoms with van der Waals surface area (Å²) >= 11 is 0. The molecule has 6 heteroatoms. The Morgan fingerprint density at radius 1 is 1.55 bits per heavy atom. The molecule has 110 valence electrons. The molecular formula is C14H21N3O3. The maximum Gasteiger partial charge on any atom is 0.268 e. The Bertz CT molecular complexity index is 488. The van der Waals surface area contributed by atoms with Crippen molar-refractivity contribution in [3.05, 3.63) is 23.5 Å². The molecule has 2 N–H and O–H groups in total. The molecule has 1 unspecified atom stereocenters. The van der Waals surface area contributed by atoms with Crippen LogP contribution in [0, 0.1) is 17.2 Å². The van der Waals surface area contributed by atoms with Gasteiger partial charge in [-0.05, 0) is 12.0 Å². The van der Waals surface area contributed by atoms with E-state index in [1.807, 2.05) is 19.9 Å². The van der Waals surface area contributed by atoms with Crippen LogP contribution in [0.1, 0.15) is 29.9 Å². The Balaban J connectivity index is 2.39. The maximum atomic E-state index is 11.9. The van der Waals surface area contributed by atoms with Crippen molar-refractivity contribution >= 4 is 5.91 Å². The van der Waals surface area contributed by atoms with Crippen molar-refractivity contribution in [2.24, 2.45) is 13.0 Å². The summed E-state index contributed by atoms with van der Waals surface area (Å²) in [6.45, 7) is 4.93. The van der Waals surface area contributed by atoms with Crippen LogP contribution in [-0.2, 0) is 11.8 Å². The fourth-order valence-electron chi connectivity index (χ4n) is 1.65. The summed E-state index contributed by atoms with van der Waals surface area (Å²) in [7, 11) is 1.69. The fraction of sp³-hybridized carbons (Fsp3) is 0.571. The minimum atomic E-state index is -0.742. The largest absolute Gasteiger partial charge is 0.389 e. The lowest BCUT2D eigenvalue weighted by atomic mass is 10.2. The predicted octanol–water partition coefficient (Wildman–Crippen LogP) is 0.660. The Kier molecular flexibility index (Phi) is 6.22. The summed E-state index contributed by atoms with van der Waals surface area (Å²) in [6.07, 6.45) is 0.838. The molecule has 0 aromatic carbocycles. The highest BCUT2D eigenvalue weighted by atomic mass is 16.5. The number of amides is 1. The summed E-state index contributed by atoms with van der Waals surface area (Å²) < 4.78 is 6.87. The van der Waals surface area contributed by atoms with Crippen LogP contribution in [0.2, 0.25) is 0 Å². The van der Waals surface area contributed by atoms with Crippen molar-refractivity contribution in [3.63, 3.8) is 0 Å². The van der Waals surface area contributed by atoms with Crippen LogP contribution in [0.3, 0.4) is 0 Å². The monoisotopic (exact) mass is 279 g/mol. The third-order valence-corrected chi connectivity index (χ3v) is 2.63. The average Bonchev–Trinajstić information content (AvgIpc) is 2.77. The Labute approximate surface area is 119 Å². The van der Waals surface area contributed by atoms with E-state index in [-0.39, 0.29) is 19.1 Å². The van der Waals surface area contributed by atoms with E-state index >= 15 is 0 Å². The molecule has 0 aliphatic carbocycles. The number of nitriles is 1. The smallest absolute Gasteiger partial charge is 0.268 e. The van der Waals surface area contributed by atoms with Crippen molar-refractivity contribution in [2.75, 3.05) is 19.8 Å². The number of nitrogens with zero attached hydrogens (tertiary/aromatic N) is 2. The maximum absolute atomic E-state index is 11.9. The first kappa shape index (κ1) is 16.2. The van der Waals surface area contributed by atoms with Gasteiger partial charge >= 0.3 is 0 Å². The molecule has 1 aromatic heterocycles. The van der Waals surface area contributed by atoms with Crippen molar-refractivity contribution in [2.45, 2.75) is 20.0 Å². The van der Waals surface area contributed by atoms with Crippen LogP contribution < -0.4 is 5.32 Å². The van der Waals surface area contributed by atoms with Gasteiger partial charge in [-0.3, -0.25) is 4.79 Å². The topological polar surface area (TPSA) is 87.3 Å². The third-order valence-electron chi connectivity index (χ3n) is 2.63. The molecule has 1 aromatic rings. The van der Waals surface area contributed by atoms with Gasteiger partial charge < -0.3 is 19.7 Å². The highest BCUT2D eigenvalue weighted by Gasteiger charge is 2.13. The van der Waals surface area contributed by atoms with Gasteiger partial charge in [-0.25, -0.2) is 0 Å². The summed E-state index contributed by atoms with van der Waals surface area (Å²) in [5.74, 6) is 0.0847. The van der Waals surface area contributed by atoms with Crippen LogP contribution in [0.25, 0.3) is 0 Å². The van der Waals surface area contributed by atoms with E-state index < -0.39 is 6.10 Å². The Morgan fingerprint density at radius 3 is 2.80 bits per heavy atom. The normalized spacial score (nSPS) is 12.2. The predicted molar refractivity (Wildman–Crippen MR) is 74.1 cm³/mol. The van der Waals surface area contributed by atoms with Crippen molar-refractivity contribution in [1.29, 1.82) is 5.26 Å². The zero-order valence-corrected chi connectivity index (χ0v) is 12.1. The highest BCUT2D eigenvalue weighted by molar-refractivity contribution is 5.93. The molecule has 1 amide bonds. The van der Waals surface area contributed by atoms with Crippen LogP contribution in [0.4, 0.5) is 0 Å². The zero-order chi connectivity index (χ0) is 15.1. The second-order valence-corrected chi connectivity index (χ2v) is 5.13. The van der Waals surface area contributed by atoms with Gasteiger partial charge in [0.2, 0.25) is 0 Å². The first-order chi connectivity index (χ1) is 9.43. The highest BCUT2D eigenvalue weighted by Crippen LogP contribution is 2.05. The minimum absolute atomic E-state index is 0.115. The Morgan fingerprint density at radius 2 is 2.25 bits per heavy atom. The molecule has 1 heterocycles. The number of nitrogens with one attached hydrogen (secondary N) is 1. The second-order valence-electron chi connectivity index (χ2n) is 5.13. The van der Waals surface area contributed by atoms with Crippen LogP contribution >= 0.6 is 0 Å². The van der Waals surface area contributed by atoms with Crippen molar-refractivity contribution in [3.8, 4) is 6.07 Å². The van der Waals surface area contributed by atoms with Crippen LogP contribution in [0.5, 0.6) is 0 Å². The van der Waals surface area contributed by atoms with Gasteiger partial charge in [0.15, 0.2) is 0 Å². The van der Waals surface area contributed by atoms with E-state index in [2.05, 4.69) is 5.32 Å². The fourth-order valence-corrected chi connectivity index (χ4v) is 1.65. The van der Waals surface area contributed by atoms with Gasteiger partial charge in [-0.15, -0.1) is 0 Å². The van der Waals surface area contributed by atoms with Gasteiger partial charge in [-0.1, -0.05) is 13.8 Å². The summed E-state index contributed by atoms with van der Waals surface area (Å²) in [6, 6.07) is 3.49. The molecule has 0 saturated carbocycles. The second kappa shape index (κ2) is 7.68. The first-order valence-electron chi connectivity index (χ1n) is 6.54. The number of carbonyl (C=O) groups is 1. The molecule has 0 spiro atoms. The summed E-state index contributed by atoms with van der Waals surface area (Å²) in [4.78, 5) is 11.9. The average molecular weight is 279 g/mol. The van der Waals surface area contributed by atoms with Gasteiger partial charge in [0.25, 0.3) is 5.91 Å². The molecule has 0 radical (unpaired) electrons. The van der Waals surface area contributed by atoms with E-state index in [1.165, 1.54) is 6.07 Å². The van der Waals surface area contributed by atoms with Crippen LogP contribution in [0.15, 0.2) is 12.3 Å². The Hall–Kier alpha value is -1.84. The summed E-state index contributed by atoms with van der Waals surface area (Å²) in [5.41, 5.74) is 0.815. The number of rotatable bonds is 7. The molecule has 0 bridgehead atoms. The van der Waals surface area contributed by atoms with E-state index in [4.69, 9.17) is 10.00 Å². The molecule has 1 atom stereocenters. The number of hydrogen-bond donors (Lipinski definition) is 2. The number of aliphatic hydroxyl groups excluding tert-OH is 1. The molecule has 0 aliphatic heterocycles. The SMILES string of the molecule is CC(C)COCC(O)CNC(=O)c1cc(C#N)cn1C. The van der Waals surface area contributed by atoms with Crippen LogP contribution in [-0.4, -0.2) is 41.4 Å². The van der Waals surface area contributed by atoms with E-state index in [0.717, 1.165) is 0 Å². The number of aromatic nitrogens is 1. The van der Waals surface area contributed by atoms with E-state index in [0.29, 0.717) is 23.8 Å². The molecule has 0 aliphatic rings. The van der Waals surface area contributed by atoms with Gasteiger partial charge in [0.05, 0.1) is 18.3 Å². The number of hydrogen-bond acceptors (Lipinski definition) is 4. The van der Waals surface area contributed by atoms with Crippen molar-refractivity contribution in [1.82, 2.24) is 9.88 Å². The van der Waals surface area contributed by atoms with Gasteiger partial charge in [-0.2, -0.15) is 5.26 Å². The molecule has 0 fully saturated rings. The number of aryl methyl sites for hydroxylation is 1. The first-order valence-corrected chi connectivity index (χ1v) is 6.54. The lowest BCUT2D eigenvalue weighted by Gasteiger charge is -2.13.